The molecule has 1 saturated heterocycles. The number of amides is 2. The fourth-order valence-electron chi connectivity index (χ4n) is 7.00. The van der Waals surface area contributed by atoms with Crippen LogP contribution in [0.15, 0.2) is 18.2 Å². The average molecular weight is 381 g/mol. The molecule has 1 N–H and O–H groups in total. The van der Waals surface area contributed by atoms with Crippen molar-refractivity contribution in [3.63, 3.8) is 0 Å². The van der Waals surface area contributed by atoms with Crippen molar-refractivity contribution >= 4 is 17.5 Å². The fourth-order valence-corrected chi connectivity index (χ4v) is 7.00. The molecule has 6 rings (SSSR count). The molecule has 4 bridgehead atoms. The Balaban J connectivity index is 1.33. The number of rotatable bonds is 3. The molecule has 5 fully saturated rings. The molecule has 0 spiro atoms. The summed E-state index contributed by atoms with van der Waals surface area (Å²) in [6.45, 7) is 4.87. The van der Waals surface area contributed by atoms with Crippen LogP contribution in [0.2, 0.25) is 0 Å². The van der Waals surface area contributed by atoms with E-state index in [0.29, 0.717) is 5.91 Å². The summed E-state index contributed by atoms with van der Waals surface area (Å²) in [6, 6.07) is 5.72. The van der Waals surface area contributed by atoms with E-state index in [2.05, 4.69) is 19.2 Å². The lowest BCUT2D eigenvalue weighted by atomic mass is 9.49. The predicted molar refractivity (Wildman–Crippen MR) is 110 cm³/mol. The normalized spacial score (nSPS) is 36.0. The van der Waals surface area contributed by atoms with Gasteiger partial charge in [0.15, 0.2) is 0 Å². The Bertz CT molecular complexity index is 780. The number of aryl methyl sites for hydroxylation is 2. The van der Waals surface area contributed by atoms with Crippen LogP contribution in [-0.4, -0.2) is 29.3 Å². The van der Waals surface area contributed by atoms with Crippen LogP contribution in [0.5, 0.6) is 0 Å². The Morgan fingerprint density at radius 3 is 2.25 bits per heavy atom. The van der Waals surface area contributed by atoms with E-state index in [0.717, 1.165) is 62.1 Å². The molecule has 5 aliphatic rings. The number of likely N-dealkylation sites (tertiary alicyclic amines) is 1. The van der Waals surface area contributed by atoms with Crippen molar-refractivity contribution in [1.29, 1.82) is 0 Å². The Morgan fingerprint density at radius 1 is 1.00 bits per heavy atom. The smallest absolute Gasteiger partial charge is 0.247 e. The zero-order valence-corrected chi connectivity index (χ0v) is 17.2. The van der Waals surface area contributed by atoms with E-state index in [1.165, 1.54) is 30.4 Å². The van der Waals surface area contributed by atoms with E-state index in [9.17, 15) is 9.59 Å². The van der Waals surface area contributed by atoms with E-state index in [1.807, 2.05) is 23.1 Å². The molecule has 4 aliphatic carbocycles. The van der Waals surface area contributed by atoms with Crippen LogP contribution in [0.25, 0.3) is 0 Å². The van der Waals surface area contributed by atoms with Gasteiger partial charge in [-0.3, -0.25) is 9.59 Å². The highest BCUT2D eigenvalue weighted by Crippen LogP contribution is 2.60. The molecular weight excluding hydrogens is 348 g/mol. The molecule has 0 unspecified atom stereocenters. The molecule has 4 nitrogen and oxygen atoms in total. The quantitative estimate of drug-likeness (QED) is 0.842. The largest absolute Gasteiger partial charge is 0.330 e. The number of hydrogen-bond donors (Lipinski definition) is 1. The maximum absolute atomic E-state index is 13.7. The van der Waals surface area contributed by atoms with Gasteiger partial charge < -0.3 is 10.2 Å². The standard InChI is InChI=1S/C24H32N2O2/c1-15-5-6-20(8-16(15)2)25-22(27)21-4-3-7-26(21)23(28)24-12-17-9-18(13-24)11-19(10-17)14-24/h5-6,8,17-19,21H,3-4,7,9-14H2,1-2H3,(H,25,27)/t17?,18?,19?,21-,24?/m0/s1. The van der Waals surface area contributed by atoms with Crippen LogP contribution in [0.1, 0.15) is 62.5 Å². The van der Waals surface area contributed by atoms with Gasteiger partial charge in [-0.1, -0.05) is 6.07 Å². The Morgan fingerprint density at radius 2 is 1.64 bits per heavy atom. The summed E-state index contributed by atoms with van der Waals surface area (Å²) in [6.07, 6.45) is 8.94. The molecule has 1 aromatic carbocycles. The molecule has 28 heavy (non-hydrogen) atoms. The van der Waals surface area contributed by atoms with Gasteiger partial charge >= 0.3 is 0 Å². The Labute approximate surface area is 168 Å². The average Bonchev–Trinajstić information content (AvgIpc) is 3.13. The van der Waals surface area contributed by atoms with Gasteiger partial charge in [-0.25, -0.2) is 0 Å². The third kappa shape index (κ3) is 2.96. The maximum atomic E-state index is 13.7. The lowest BCUT2D eigenvalue weighted by molar-refractivity contribution is -0.160. The molecule has 150 valence electrons. The Kier molecular flexibility index (Phi) is 4.29. The summed E-state index contributed by atoms with van der Waals surface area (Å²) in [5, 5.41) is 3.08. The molecular formula is C24H32N2O2. The zero-order chi connectivity index (χ0) is 19.5. The van der Waals surface area contributed by atoms with E-state index < -0.39 is 0 Å². The first-order chi connectivity index (χ1) is 13.4. The van der Waals surface area contributed by atoms with Crippen LogP contribution in [0, 0.1) is 37.0 Å². The molecule has 2 amide bonds. The first-order valence-electron chi connectivity index (χ1n) is 11.1. The van der Waals surface area contributed by atoms with Crippen LogP contribution in [-0.2, 0) is 9.59 Å². The highest BCUT2D eigenvalue weighted by molar-refractivity contribution is 5.98. The van der Waals surface area contributed by atoms with Gasteiger partial charge in [0.1, 0.15) is 6.04 Å². The van der Waals surface area contributed by atoms with Crippen molar-refractivity contribution in [3.05, 3.63) is 29.3 Å². The number of benzene rings is 1. The number of hydrogen-bond acceptors (Lipinski definition) is 2. The monoisotopic (exact) mass is 380 g/mol. The van der Waals surface area contributed by atoms with Crippen molar-refractivity contribution in [2.75, 3.05) is 11.9 Å². The van der Waals surface area contributed by atoms with Gasteiger partial charge in [0.05, 0.1) is 5.41 Å². The fraction of sp³-hybridized carbons (Fsp3) is 0.667. The highest BCUT2D eigenvalue weighted by Gasteiger charge is 2.56. The van der Waals surface area contributed by atoms with Gasteiger partial charge in [0.2, 0.25) is 11.8 Å². The third-order valence-electron chi connectivity index (χ3n) is 8.08. The zero-order valence-electron chi connectivity index (χ0n) is 17.2. The first kappa shape index (κ1) is 18.2. The molecule has 1 aromatic rings. The third-order valence-corrected chi connectivity index (χ3v) is 8.08. The van der Waals surface area contributed by atoms with E-state index in [-0.39, 0.29) is 17.4 Å². The minimum absolute atomic E-state index is 0.0150. The van der Waals surface area contributed by atoms with Gasteiger partial charge in [0.25, 0.3) is 0 Å². The maximum Gasteiger partial charge on any atom is 0.247 e. The number of nitrogens with one attached hydrogen (secondary N) is 1. The topological polar surface area (TPSA) is 49.4 Å². The van der Waals surface area contributed by atoms with Crippen molar-refractivity contribution < 1.29 is 9.59 Å². The van der Waals surface area contributed by atoms with E-state index in [1.54, 1.807) is 0 Å². The highest BCUT2D eigenvalue weighted by atomic mass is 16.2. The lowest BCUT2D eigenvalue weighted by Gasteiger charge is -2.56. The molecule has 0 aromatic heterocycles. The van der Waals surface area contributed by atoms with E-state index >= 15 is 0 Å². The second-order valence-corrected chi connectivity index (χ2v) is 10.1. The minimum Gasteiger partial charge on any atom is -0.330 e. The lowest BCUT2D eigenvalue weighted by Crippen LogP contribution is -2.56. The molecule has 0 radical (unpaired) electrons. The van der Waals surface area contributed by atoms with Crippen LogP contribution in [0.3, 0.4) is 0 Å². The van der Waals surface area contributed by atoms with Crippen LogP contribution >= 0.6 is 0 Å². The summed E-state index contributed by atoms with van der Waals surface area (Å²) in [7, 11) is 0. The van der Waals surface area contributed by atoms with Gasteiger partial charge in [0, 0.05) is 12.2 Å². The number of anilines is 1. The SMILES string of the molecule is Cc1ccc(NC(=O)[C@@H]2CCCN2C(=O)C23CC4CC(CC(C4)C2)C3)cc1C. The molecule has 1 heterocycles. The van der Waals surface area contributed by atoms with Crippen LogP contribution < -0.4 is 5.32 Å². The predicted octanol–water partition coefficient (Wildman–Crippen LogP) is 4.45. The first-order valence-corrected chi connectivity index (χ1v) is 11.1. The summed E-state index contributed by atoms with van der Waals surface area (Å²) >= 11 is 0. The number of carbonyl (C=O) groups excluding carboxylic acids is 2. The van der Waals surface area contributed by atoms with Gasteiger partial charge in [-0.2, -0.15) is 0 Å². The number of nitrogens with zero attached hydrogens (tertiary/aromatic N) is 1. The summed E-state index contributed by atoms with van der Waals surface area (Å²) in [5.74, 6) is 2.53. The summed E-state index contributed by atoms with van der Waals surface area (Å²) in [5.41, 5.74) is 3.07. The minimum atomic E-state index is -0.304. The summed E-state index contributed by atoms with van der Waals surface area (Å²) < 4.78 is 0. The van der Waals surface area contributed by atoms with Gasteiger partial charge in [-0.15, -0.1) is 0 Å². The second-order valence-electron chi connectivity index (χ2n) is 10.1. The molecule has 1 aliphatic heterocycles. The van der Waals surface area contributed by atoms with E-state index in [4.69, 9.17) is 0 Å². The summed E-state index contributed by atoms with van der Waals surface area (Å²) in [4.78, 5) is 28.7. The molecule has 4 saturated carbocycles. The number of carbonyl (C=O) groups is 2. The molecule has 4 heteroatoms. The van der Waals surface area contributed by atoms with Gasteiger partial charge in [-0.05, 0) is 106 Å². The van der Waals surface area contributed by atoms with Crippen LogP contribution in [0.4, 0.5) is 5.69 Å². The molecule has 1 atom stereocenters. The Hall–Kier alpha value is -1.84. The second kappa shape index (κ2) is 6.60. The van der Waals surface area contributed by atoms with Crippen molar-refractivity contribution in [3.8, 4) is 0 Å². The van der Waals surface area contributed by atoms with Crippen molar-refractivity contribution in [2.24, 2.45) is 23.2 Å². The van der Waals surface area contributed by atoms with Crippen molar-refractivity contribution in [2.45, 2.75) is 71.3 Å². The van der Waals surface area contributed by atoms with Crippen molar-refractivity contribution in [1.82, 2.24) is 4.90 Å².